The minimum atomic E-state index is 0.842. The van der Waals surface area contributed by atoms with Gasteiger partial charge in [-0.15, -0.1) is 10.2 Å². The lowest BCUT2D eigenvalue weighted by Crippen LogP contribution is -2.14. The monoisotopic (exact) mass is 326 g/mol. The van der Waals surface area contributed by atoms with Crippen molar-refractivity contribution in [1.29, 1.82) is 0 Å². The fourth-order valence-corrected chi connectivity index (χ4v) is 3.80. The summed E-state index contributed by atoms with van der Waals surface area (Å²) in [4.78, 5) is 1.97. The van der Waals surface area contributed by atoms with Gasteiger partial charge in [-0.25, -0.2) is 0 Å². The lowest BCUT2D eigenvalue weighted by atomic mass is 10.2. The largest absolute Gasteiger partial charge is 0.353 e. The van der Waals surface area contributed by atoms with E-state index in [1.165, 1.54) is 5.56 Å². The molecule has 0 aliphatic carbocycles. The second-order valence-electron chi connectivity index (χ2n) is 5.02. The Bertz CT molecular complexity index is 589. The van der Waals surface area contributed by atoms with Gasteiger partial charge in [0.2, 0.25) is 5.13 Å². The summed E-state index contributed by atoms with van der Waals surface area (Å²) < 4.78 is 2.87. The van der Waals surface area contributed by atoms with E-state index in [1.807, 2.05) is 30.7 Å². The molecule has 0 aliphatic heterocycles. The molecule has 2 aromatic heterocycles. The molecule has 8 heteroatoms. The number of hydrogen-bond acceptors (Lipinski definition) is 7. The second-order valence-corrected chi connectivity index (χ2v) is 7.21. The van der Waals surface area contributed by atoms with Crippen LogP contribution in [0.5, 0.6) is 0 Å². The molecule has 0 spiro atoms. The molecule has 6 nitrogen and oxygen atoms in total. The Kier molecular flexibility index (Phi) is 5.60. The van der Waals surface area contributed by atoms with Crippen molar-refractivity contribution < 1.29 is 0 Å². The van der Waals surface area contributed by atoms with E-state index in [1.54, 1.807) is 23.1 Å². The molecule has 0 fully saturated rings. The number of anilines is 1. The van der Waals surface area contributed by atoms with Gasteiger partial charge in [0.1, 0.15) is 5.03 Å². The van der Waals surface area contributed by atoms with Crippen molar-refractivity contribution in [2.75, 3.05) is 25.5 Å². The third-order valence-corrected chi connectivity index (χ3v) is 5.33. The highest BCUT2D eigenvalue weighted by molar-refractivity contribution is 8.01. The highest BCUT2D eigenvalue weighted by Crippen LogP contribution is 2.35. The second kappa shape index (κ2) is 7.24. The summed E-state index contributed by atoms with van der Waals surface area (Å²) in [6.07, 6.45) is 1.13. The van der Waals surface area contributed by atoms with E-state index < -0.39 is 0 Å². The molecular weight excluding hydrogens is 304 g/mol. The zero-order valence-electron chi connectivity index (χ0n) is 13.2. The number of nitrogens with zero attached hydrogens (tertiary/aromatic N) is 5. The van der Waals surface area contributed by atoms with Crippen molar-refractivity contribution in [3.05, 3.63) is 11.3 Å². The van der Waals surface area contributed by atoms with Crippen LogP contribution < -0.4 is 10.2 Å². The third-order valence-electron chi connectivity index (χ3n) is 2.98. The minimum Gasteiger partial charge on any atom is -0.353 e. The standard InChI is InChI=1S/C13H22N6S2/c1-6-7-14-8-10-9(2)17-19(5)11(10)20-13-16-15-12(21-13)18(3)4/h14H,6-8H2,1-5H3. The van der Waals surface area contributed by atoms with Gasteiger partial charge < -0.3 is 10.2 Å². The van der Waals surface area contributed by atoms with Gasteiger partial charge in [0, 0.05) is 33.3 Å². The fraction of sp³-hybridized carbons (Fsp3) is 0.615. The molecule has 0 atom stereocenters. The average molecular weight is 326 g/mol. The summed E-state index contributed by atoms with van der Waals surface area (Å²) in [6, 6.07) is 0. The molecule has 1 N–H and O–H groups in total. The Morgan fingerprint density at radius 2 is 2.10 bits per heavy atom. The van der Waals surface area contributed by atoms with Crippen LogP contribution in [0.3, 0.4) is 0 Å². The maximum absolute atomic E-state index is 4.53. The summed E-state index contributed by atoms with van der Waals surface area (Å²) in [5.74, 6) is 0. The van der Waals surface area contributed by atoms with Crippen LogP contribution in [0.15, 0.2) is 9.37 Å². The van der Waals surface area contributed by atoms with Crippen LogP contribution in [-0.4, -0.2) is 40.6 Å². The van der Waals surface area contributed by atoms with E-state index in [2.05, 4.69) is 34.5 Å². The lowest BCUT2D eigenvalue weighted by Gasteiger charge is -2.06. The summed E-state index contributed by atoms with van der Waals surface area (Å²) in [5.41, 5.74) is 2.32. The van der Waals surface area contributed by atoms with Crippen LogP contribution in [-0.2, 0) is 13.6 Å². The first-order chi connectivity index (χ1) is 10.0. The van der Waals surface area contributed by atoms with Crippen LogP contribution in [0.2, 0.25) is 0 Å². The third kappa shape index (κ3) is 3.96. The van der Waals surface area contributed by atoms with Gasteiger partial charge in [-0.1, -0.05) is 18.3 Å². The zero-order valence-corrected chi connectivity index (χ0v) is 14.8. The molecule has 0 saturated heterocycles. The van der Waals surface area contributed by atoms with Gasteiger partial charge in [-0.05, 0) is 31.7 Å². The van der Waals surface area contributed by atoms with Crippen LogP contribution >= 0.6 is 23.1 Å². The van der Waals surface area contributed by atoms with Crippen LogP contribution in [0.4, 0.5) is 5.13 Å². The molecule has 2 rings (SSSR count). The van der Waals surface area contributed by atoms with Crippen LogP contribution in [0, 0.1) is 6.92 Å². The van der Waals surface area contributed by atoms with Crippen molar-refractivity contribution in [2.45, 2.75) is 36.2 Å². The minimum absolute atomic E-state index is 0.842. The average Bonchev–Trinajstić information content (AvgIpc) is 2.99. The van der Waals surface area contributed by atoms with Crippen molar-refractivity contribution in [1.82, 2.24) is 25.3 Å². The highest BCUT2D eigenvalue weighted by Gasteiger charge is 2.16. The normalized spacial score (nSPS) is 11.1. The maximum Gasteiger partial charge on any atom is 0.208 e. The Balaban J connectivity index is 2.17. The van der Waals surface area contributed by atoms with Gasteiger partial charge in [0.25, 0.3) is 0 Å². The molecule has 21 heavy (non-hydrogen) atoms. The quantitative estimate of drug-likeness (QED) is 0.788. The smallest absolute Gasteiger partial charge is 0.208 e. The number of rotatable bonds is 7. The molecule has 0 bridgehead atoms. The van der Waals surface area contributed by atoms with Crippen LogP contribution in [0.25, 0.3) is 0 Å². The highest BCUT2D eigenvalue weighted by atomic mass is 32.2. The summed E-state index contributed by atoms with van der Waals surface area (Å²) in [6.45, 7) is 6.08. The summed E-state index contributed by atoms with van der Waals surface area (Å²) in [5, 5.41) is 18.5. The maximum atomic E-state index is 4.53. The Morgan fingerprint density at radius 3 is 2.71 bits per heavy atom. The summed E-state index contributed by atoms with van der Waals surface area (Å²) in [7, 11) is 5.93. The van der Waals surface area contributed by atoms with Gasteiger partial charge in [0.05, 0.1) is 5.69 Å². The Labute approximate surface area is 133 Å². The number of nitrogens with one attached hydrogen (secondary N) is 1. The van der Waals surface area contributed by atoms with Gasteiger partial charge in [-0.2, -0.15) is 5.10 Å². The number of aryl methyl sites for hydroxylation is 2. The summed E-state index contributed by atoms with van der Waals surface area (Å²) >= 11 is 3.23. The van der Waals surface area contributed by atoms with Crippen molar-refractivity contribution in [3.8, 4) is 0 Å². The SMILES string of the molecule is CCCNCc1c(C)nn(C)c1Sc1nnc(N(C)C)s1. The van der Waals surface area contributed by atoms with Gasteiger partial charge in [-0.3, -0.25) is 4.68 Å². The molecule has 0 unspecified atom stereocenters. The molecule has 0 saturated carbocycles. The predicted octanol–water partition coefficient (Wildman–Crippen LogP) is 2.30. The van der Waals surface area contributed by atoms with E-state index in [9.17, 15) is 0 Å². The van der Waals surface area contributed by atoms with Crippen molar-refractivity contribution >= 4 is 28.2 Å². The van der Waals surface area contributed by atoms with Crippen LogP contribution in [0.1, 0.15) is 24.6 Å². The van der Waals surface area contributed by atoms with Gasteiger partial charge >= 0.3 is 0 Å². The topological polar surface area (TPSA) is 58.9 Å². The first kappa shape index (κ1) is 16.3. The van der Waals surface area contributed by atoms with E-state index in [0.29, 0.717) is 0 Å². The lowest BCUT2D eigenvalue weighted by molar-refractivity contribution is 0.653. The van der Waals surface area contributed by atoms with E-state index in [0.717, 1.165) is 39.7 Å². The number of hydrogen-bond donors (Lipinski definition) is 1. The zero-order chi connectivity index (χ0) is 15.4. The molecule has 0 aliphatic rings. The Hall–Kier alpha value is -1.12. The first-order valence-electron chi connectivity index (χ1n) is 6.94. The molecular formula is C13H22N6S2. The van der Waals surface area contributed by atoms with E-state index in [-0.39, 0.29) is 0 Å². The van der Waals surface area contributed by atoms with Crippen molar-refractivity contribution in [2.24, 2.45) is 7.05 Å². The number of aromatic nitrogens is 4. The Morgan fingerprint density at radius 1 is 1.33 bits per heavy atom. The molecule has 2 heterocycles. The fourth-order valence-electron chi connectivity index (χ4n) is 1.91. The van der Waals surface area contributed by atoms with Crippen molar-refractivity contribution in [3.63, 3.8) is 0 Å². The molecule has 116 valence electrons. The predicted molar refractivity (Wildman–Crippen MR) is 88.3 cm³/mol. The molecule has 2 aromatic rings. The molecule has 0 amide bonds. The molecule has 0 radical (unpaired) electrons. The first-order valence-corrected chi connectivity index (χ1v) is 8.58. The van der Waals surface area contributed by atoms with Gasteiger partial charge in [0.15, 0.2) is 4.34 Å². The molecule has 0 aromatic carbocycles. The van der Waals surface area contributed by atoms with E-state index >= 15 is 0 Å². The van der Waals surface area contributed by atoms with E-state index in [4.69, 9.17) is 0 Å².